The highest BCUT2D eigenvalue weighted by Crippen LogP contribution is 2.14. The van der Waals surface area contributed by atoms with Crippen molar-refractivity contribution in [3.63, 3.8) is 0 Å². The highest BCUT2D eigenvalue weighted by molar-refractivity contribution is 7.13. The minimum Gasteiger partial charge on any atom is -0.464 e. The molecule has 6 nitrogen and oxygen atoms in total. The van der Waals surface area contributed by atoms with Crippen molar-refractivity contribution in [2.75, 3.05) is 13.2 Å². The molecule has 0 bridgehead atoms. The van der Waals surface area contributed by atoms with Gasteiger partial charge in [0.1, 0.15) is 6.04 Å². The van der Waals surface area contributed by atoms with Crippen LogP contribution in [0, 0.1) is 6.92 Å². The van der Waals surface area contributed by atoms with Gasteiger partial charge in [-0.3, -0.25) is 9.59 Å². The number of thiophene rings is 1. The van der Waals surface area contributed by atoms with E-state index < -0.39 is 17.9 Å². The third kappa shape index (κ3) is 5.00. The van der Waals surface area contributed by atoms with Crippen LogP contribution in [0.2, 0.25) is 0 Å². The second kappa shape index (κ2) is 7.64. The largest absolute Gasteiger partial charge is 0.464 e. The summed E-state index contributed by atoms with van der Waals surface area (Å²) in [5.41, 5.74) is 0. The van der Waals surface area contributed by atoms with E-state index >= 15 is 0 Å². The van der Waals surface area contributed by atoms with Crippen molar-refractivity contribution in [1.29, 1.82) is 0 Å². The zero-order chi connectivity index (χ0) is 15.1. The zero-order valence-electron chi connectivity index (χ0n) is 11.7. The molecule has 20 heavy (non-hydrogen) atoms. The Bertz CT molecular complexity index is 498. The summed E-state index contributed by atoms with van der Waals surface area (Å²) in [5.74, 6) is -1.24. The molecule has 1 aromatic heterocycles. The third-order valence-corrected chi connectivity index (χ3v) is 3.39. The van der Waals surface area contributed by atoms with Crippen LogP contribution in [0.15, 0.2) is 12.1 Å². The van der Waals surface area contributed by atoms with Crippen molar-refractivity contribution in [2.45, 2.75) is 26.8 Å². The molecule has 2 N–H and O–H groups in total. The molecule has 110 valence electrons. The number of ether oxygens (including phenoxy) is 1. The summed E-state index contributed by atoms with van der Waals surface area (Å²) in [6.45, 7) is 5.19. The van der Waals surface area contributed by atoms with Crippen LogP contribution in [-0.4, -0.2) is 37.0 Å². The molecule has 0 aliphatic rings. The van der Waals surface area contributed by atoms with Crippen LogP contribution in [0.25, 0.3) is 0 Å². The van der Waals surface area contributed by atoms with Crippen molar-refractivity contribution < 1.29 is 19.1 Å². The third-order valence-electron chi connectivity index (χ3n) is 2.39. The first-order chi connectivity index (χ1) is 9.43. The van der Waals surface area contributed by atoms with E-state index in [0.29, 0.717) is 4.88 Å². The number of esters is 1. The molecule has 0 aliphatic carbocycles. The Morgan fingerprint density at radius 1 is 1.35 bits per heavy atom. The van der Waals surface area contributed by atoms with Crippen molar-refractivity contribution in [2.24, 2.45) is 0 Å². The Morgan fingerprint density at radius 3 is 2.60 bits per heavy atom. The maximum absolute atomic E-state index is 11.7. The van der Waals surface area contributed by atoms with Crippen molar-refractivity contribution in [3.8, 4) is 0 Å². The van der Waals surface area contributed by atoms with Crippen LogP contribution in [0.1, 0.15) is 28.4 Å². The van der Waals surface area contributed by atoms with Crippen LogP contribution in [0.3, 0.4) is 0 Å². The molecular weight excluding hydrogens is 280 g/mol. The van der Waals surface area contributed by atoms with E-state index in [1.54, 1.807) is 13.0 Å². The van der Waals surface area contributed by atoms with E-state index in [9.17, 15) is 14.4 Å². The summed E-state index contributed by atoms with van der Waals surface area (Å²) in [4.78, 5) is 36.2. The highest BCUT2D eigenvalue weighted by Gasteiger charge is 2.17. The summed E-state index contributed by atoms with van der Waals surface area (Å²) in [6.07, 6.45) is 0. The molecule has 7 heteroatoms. The van der Waals surface area contributed by atoms with Crippen molar-refractivity contribution >= 4 is 29.1 Å². The van der Waals surface area contributed by atoms with Gasteiger partial charge in [-0.1, -0.05) is 0 Å². The molecule has 1 rings (SSSR count). The summed E-state index contributed by atoms with van der Waals surface area (Å²) < 4.78 is 4.76. The Kier molecular flexibility index (Phi) is 6.17. The average molecular weight is 298 g/mol. The number of aryl methyl sites for hydroxylation is 1. The fourth-order valence-electron chi connectivity index (χ4n) is 1.42. The van der Waals surface area contributed by atoms with Crippen LogP contribution in [-0.2, 0) is 14.3 Å². The minimum absolute atomic E-state index is 0.181. The summed E-state index contributed by atoms with van der Waals surface area (Å²) >= 11 is 1.36. The SMILES string of the molecule is CCOC(=O)C(C)NC(=O)CNC(=O)c1ccc(C)s1. The standard InChI is InChI=1S/C13H18N2O4S/c1-4-19-13(18)9(3)15-11(16)7-14-12(17)10-6-5-8(2)20-10/h5-6,9H,4,7H2,1-3H3,(H,14,17)(H,15,16). The fourth-order valence-corrected chi connectivity index (χ4v) is 2.21. The van der Waals surface area contributed by atoms with Gasteiger partial charge in [-0.25, -0.2) is 4.79 Å². The molecular formula is C13H18N2O4S. The van der Waals surface area contributed by atoms with Crippen LogP contribution >= 0.6 is 11.3 Å². The molecule has 0 radical (unpaired) electrons. The number of nitrogens with one attached hydrogen (secondary N) is 2. The van der Waals surface area contributed by atoms with Crippen LogP contribution < -0.4 is 10.6 Å². The van der Waals surface area contributed by atoms with Gasteiger partial charge in [-0.2, -0.15) is 0 Å². The Morgan fingerprint density at radius 2 is 2.05 bits per heavy atom. The molecule has 1 atom stereocenters. The lowest BCUT2D eigenvalue weighted by molar-refractivity contribution is -0.146. The molecule has 1 heterocycles. The van der Waals surface area contributed by atoms with Gasteiger partial charge in [-0.15, -0.1) is 11.3 Å². The van der Waals surface area contributed by atoms with Gasteiger partial charge in [0.25, 0.3) is 5.91 Å². The molecule has 1 aromatic rings. The van der Waals surface area contributed by atoms with Gasteiger partial charge in [-0.05, 0) is 32.9 Å². The smallest absolute Gasteiger partial charge is 0.328 e. The molecule has 0 aromatic carbocycles. The molecule has 2 amide bonds. The predicted molar refractivity (Wildman–Crippen MR) is 75.6 cm³/mol. The number of amides is 2. The van der Waals surface area contributed by atoms with Gasteiger partial charge >= 0.3 is 5.97 Å². The fraction of sp³-hybridized carbons (Fsp3) is 0.462. The first-order valence-electron chi connectivity index (χ1n) is 6.24. The van der Waals surface area contributed by atoms with Gasteiger partial charge in [0.15, 0.2) is 0 Å². The van der Waals surface area contributed by atoms with Crippen molar-refractivity contribution in [3.05, 3.63) is 21.9 Å². The monoisotopic (exact) mass is 298 g/mol. The van der Waals surface area contributed by atoms with Gasteiger partial charge in [0.2, 0.25) is 5.91 Å². The number of hydrogen-bond donors (Lipinski definition) is 2. The summed E-state index contributed by atoms with van der Waals surface area (Å²) in [7, 11) is 0. The second-order valence-corrected chi connectivity index (χ2v) is 5.42. The van der Waals surface area contributed by atoms with Crippen LogP contribution in [0.4, 0.5) is 0 Å². The lowest BCUT2D eigenvalue weighted by atomic mass is 10.3. The lowest BCUT2D eigenvalue weighted by Gasteiger charge is -2.12. The number of carbonyl (C=O) groups excluding carboxylic acids is 3. The number of rotatable bonds is 6. The Labute approximate surface area is 121 Å². The Balaban J connectivity index is 2.36. The maximum atomic E-state index is 11.7. The van der Waals surface area contributed by atoms with Crippen molar-refractivity contribution in [1.82, 2.24) is 10.6 Å². The molecule has 0 aliphatic heterocycles. The average Bonchev–Trinajstić information content (AvgIpc) is 2.83. The van der Waals surface area contributed by atoms with Gasteiger partial charge in [0.05, 0.1) is 18.0 Å². The topological polar surface area (TPSA) is 84.5 Å². The zero-order valence-corrected chi connectivity index (χ0v) is 12.5. The molecule has 0 fully saturated rings. The summed E-state index contributed by atoms with van der Waals surface area (Å²) in [5, 5.41) is 4.95. The van der Waals surface area contributed by atoms with Gasteiger partial charge in [0, 0.05) is 4.88 Å². The van der Waals surface area contributed by atoms with E-state index in [4.69, 9.17) is 4.74 Å². The quantitative estimate of drug-likeness (QED) is 0.763. The number of carbonyl (C=O) groups is 3. The minimum atomic E-state index is -0.733. The molecule has 0 saturated heterocycles. The maximum Gasteiger partial charge on any atom is 0.328 e. The predicted octanol–water partition coefficient (Wildman–Crippen LogP) is 0.854. The summed E-state index contributed by atoms with van der Waals surface area (Å²) in [6, 6.07) is 2.81. The van der Waals surface area contributed by atoms with Crippen LogP contribution in [0.5, 0.6) is 0 Å². The van der Waals surface area contributed by atoms with E-state index in [2.05, 4.69) is 10.6 Å². The van der Waals surface area contributed by atoms with E-state index in [1.807, 2.05) is 13.0 Å². The van der Waals surface area contributed by atoms with E-state index in [1.165, 1.54) is 18.3 Å². The van der Waals surface area contributed by atoms with Gasteiger partial charge < -0.3 is 15.4 Å². The molecule has 1 unspecified atom stereocenters. The first-order valence-corrected chi connectivity index (χ1v) is 7.06. The van der Waals surface area contributed by atoms with E-state index in [0.717, 1.165) is 4.88 Å². The molecule has 0 saturated carbocycles. The molecule has 0 spiro atoms. The Hall–Kier alpha value is -1.89. The normalized spacial score (nSPS) is 11.6. The second-order valence-electron chi connectivity index (χ2n) is 4.13. The van der Waals surface area contributed by atoms with E-state index in [-0.39, 0.29) is 19.1 Å². The number of hydrogen-bond acceptors (Lipinski definition) is 5. The lowest BCUT2D eigenvalue weighted by Crippen LogP contribution is -2.44. The first kappa shape index (κ1) is 16.2. The highest BCUT2D eigenvalue weighted by atomic mass is 32.1.